The predicted molar refractivity (Wildman–Crippen MR) is 74.2 cm³/mol. The molecule has 0 amide bonds. The molecule has 0 saturated carbocycles. The number of hydrogen-bond donors (Lipinski definition) is 2. The van der Waals surface area contributed by atoms with E-state index in [1.54, 1.807) is 23.5 Å². The molecule has 0 radical (unpaired) electrons. The third-order valence-electron chi connectivity index (χ3n) is 1.98. The Morgan fingerprint density at radius 3 is 2.43 bits per heavy atom. The van der Waals surface area contributed by atoms with Gasteiger partial charge in [0.2, 0.25) is 0 Å². The lowest BCUT2D eigenvalue weighted by Gasteiger charge is -2.22. The van der Waals surface area contributed by atoms with Crippen LogP contribution in [0.2, 0.25) is 0 Å². The summed E-state index contributed by atoms with van der Waals surface area (Å²) in [7, 11) is 0. The summed E-state index contributed by atoms with van der Waals surface area (Å²) in [6.07, 6.45) is 0. The molecule has 1 aliphatic rings. The Labute approximate surface area is 104 Å². The van der Waals surface area contributed by atoms with Crippen LogP contribution in [0.25, 0.3) is 0 Å². The van der Waals surface area contributed by atoms with E-state index in [1.807, 2.05) is 6.07 Å². The lowest BCUT2D eigenvalue weighted by molar-refractivity contribution is 1.12. The summed E-state index contributed by atoms with van der Waals surface area (Å²) in [6, 6.07) is 10.6. The maximum absolute atomic E-state index is 4.41. The molecular weight excluding hydrogens is 248 g/mol. The molecule has 1 aliphatic heterocycles. The molecule has 14 heavy (non-hydrogen) atoms. The number of rotatable bonds is 1. The second-order valence-corrected chi connectivity index (χ2v) is 6.68. The van der Waals surface area contributed by atoms with Gasteiger partial charge in [0.25, 0.3) is 0 Å². The molecule has 2 rings (SSSR count). The van der Waals surface area contributed by atoms with Crippen LogP contribution in [0.4, 0.5) is 0 Å². The molecular formula is C10H10S4. The average Bonchev–Trinajstić information content (AvgIpc) is 2.23. The van der Waals surface area contributed by atoms with Crippen molar-refractivity contribution in [2.75, 3.05) is 5.75 Å². The standard InChI is InChI=1S/C10H10S4/c11-9-10(12)14-8(6-13-9)7-4-2-1-3-5-7/h1-5,8,11-12H,6H2. The van der Waals surface area contributed by atoms with E-state index >= 15 is 0 Å². The van der Waals surface area contributed by atoms with E-state index in [4.69, 9.17) is 0 Å². The number of thioether (sulfide) groups is 2. The fraction of sp³-hybridized carbons (Fsp3) is 0.200. The fourth-order valence-corrected chi connectivity index (χ4v) is 4.31. The van der Waals surface area contributed by atoms with Crippen molar-refractivity contribution in [1.29, 1.82) is 0 Å². The van der Waals surface area contributed by atoms with Crippen LogP contribution in [-0.4, -0.2) is 5.75 Å². The van der Waals surface area contributed by atoms with Crippen molar-refractivity contribution in [3.8, 4) is 0 Å². The van der Waals surface area contributed by atoms with Crippen molar-refractivity contribution < 1.29 is 0 Å². The molecule has 0 N–H and O–H groups in total. The van der Waals surface area contributed by atoms with Crippen molar-refractivity contribution in [3.05, 3.63) is 44.4 Å². The summed E-state index contributed by atoms with van der Waals surface area (Å²) in [5.74, 6) is 1.08. The van der Waals surface area contributed by atoms with Gasteiger partial charge >= 0.3 is 0 Å². The quantitative estimate of drug-likeness (QED) is 0.725. The van der Waals surface area contributed by atoms with Crippen LogP contribution in [-0.2, 0) is 0 Å². The van der Waals surface area contributed by atoms with Crippen LogP contribution < -0.4 is 0 Å². The van der Waals surface area contributed by atoms with Gasteiger partial charge < -0.3 is 0 Å². The van der Waals surface area contributed by atoms with Crippen molar-refractivity contribution in [1.82, 2.24) is 0 Å². The molecule has 0 fully saturated rings. The van der Waals surface area contributed by atoms with Crippen LogP contribution in [0.1, 0.15) is 10.8 Å². The van der Waals surface area contributed by atoms with Crippen LogP contribution in [0.3, 0.4) is 0 Å². The summed E-state index contributed by atoms with van der Waals surface area (Å²) in [5.41, 5.74) is 1.37. The molecule has 0 aliphatic carbocycles. The summed E-state index contributed by atoms with van der Waals surface area (Å²) in [6.45, 7) is 0. The van der Waals surface area contributed by atoms with E-state index in [1.165, 1.54) is 5.56 Å². The summed E-state index contributed by atoms with van der Waals surface area (Å²) < 4.78 is 2.09. The highest BCUT2D eigenvalue weighted by Gasteiger charge is 2.20. The van der Waals surface area contributed by atoms with Crippen molar-refractivity contribution in [2.24, 2.45) is 0 Å². The van der Waals surface area contributed by atoms with Crippen molar-refractivity contribution in [3.63, 3.8) is 0 Å². The molecule has 1 atom stereocenters. The Balaban J connectivity index is 2.17. The molecule has 0 bridgehead atoms. The fourth-order valence-electron chi connectivity index (χ4n) is 1.27. The van der Waals surface area contributed by atoms with Gasteiger partial charge in [-0.05, 0) is 5.56 Å². The van der Waals surface area contributed by atoms with Crippen LogP contribution >= 0.6 is 48.8 Å². The Kier molecular flexibility index (Phi) is 3.82. The van der Waals surface area contributed by atoms with Crippen LogP contribution in [0.15, 0.2) is 38.8 Å². The topological polar surface area (TPSA) is 0 Å². The van der Waals surface area contributed by atoms with E-state index in [9.17, 15) is 0 Å². The first-order valence-corrected chi connectivity index (χ1v) is 7.00. The second kappa shape index (κ2) is 4.92. The molecule has 0 saturated heterocycles. The maximum atomic E-state index is 4.41. The van der Waals surface area contributed by atoms with Gasteiger partial charge in [0.1, 0.15) is 0 Å². The van der Waals surface area contributed by atoms with E-state index in [2.05, 4.69) is 49.5 Å². The lowest BCUT2D eigenvalue weighted by atomic mass is 10.2. The minimum Gasteiger partial charge on any atom is -0.135 e. The molecule has 1 unspecified atom stereocenters. The molecule has 1 aromatic carbocycles. The third-order valence-corrected chi connectivity index (χ3v) is 6.08. The molecule has 4 heteroatoms. The Hall–Kier alpha value is 0.360. The Morgan fingerprint density at radius 1 is 1.07 bits per heavy atom. The van der Waals surface area contributed by atoms with E-state index < -0.39 is 0 Å². The highest BCUT2D eigenvalue weighted by atomic mass is 32.2. The van der Waals surface area contributed by atoms with Gasteiger partial charge in [-0.15, -0.1) is 48.8 Å². The van der Waals surface area contributed by atoms with Crippen LogP contribution in [0, 0.1) is 0 Å². The monoisotopic (exact) mass is 258 g/mol. The predicted octanol–water partition coefficient (Wildman–Crippen LogP) is 4.19. The summed E-state index contributed by atoms with van der Waals surface area (Å²) in [4.78, 5) is 0. The lowest BCUT2D eigenvalue weighted by Crippen LogP contribution is -2.00. The minimum absolute atomic E-state index is 0.518. The Bertz CT molecular complexity index is 344. The third kappa shape index (κ3) is 2.48. The minimum atomic E-state index is 0.518. The SMILES string of the molecule is SC1=C(S)SC(c2ccccc2)CS1. The zero-order valence-electron chi connectivity index (χ0n) is 7.38. The largest absolute Gasteiger partial charge is 0.135 e. The van der Waals surface area contributed by atoms with Crippen LogP contribution in [0.5, 0.6) is 0 Å². The first-order chi connectivity index (χ1) is 6.77. The van der Waals surface area contributed by atoms with Crippen molar-refractivity contribution >= 4 is 48.8 Å². The highest BCUT2D eigenvalue weighted by Crippen LogP contribution is 2.48. The van der Waals surface area contributed by atoms with Gasteiger partial charge in [0, 0.05) is 11.0 Å². The first-order valence-electron chi connectivity index (χ1n) is 4.24. The zero-order chi connectivity index (χ0) is 9.97. The average molecular weight is 258 g/mol. The zero-order valence-corrected chi connectivity index (χ0v) is 10.8. The van der Waals surface area contributed by atoms with E-state index in [0.717, 1.165) is 14.2 Å². The second-order valence-electron chi connectivity index (χ2n) is 2.94. The van der Waals surface area contributed by atoms with Crippen molar-refractivity contribution in [2.45, 2.75) is 5.25 Å². The normalized spacial score (nSPS) is 22.6. The number of benzene rings is 1. The molecule has 0 spiro atoms. The van der Waals surface area contributed by atoms with E-state index in [0.29, 0.717) is 5.25 Å². The smallest absolute Gasteiger partial charge is 0.0575 e. The summed E-state index contributed by atoms with van der Waals surface area (Å²) >= 11 is 12.3. The molecule has 1 heterocycles. The van der Waals surface area contributed by atoms with Gasteiger partial charge in [0.05, 0.1) is 8.47 Å². The van der Waals surface area contributed by atoms with E-state index in [-0.39, 0.29) is 0 Å². The molecule has 1 aromatic rings. The molecule has 0 nitrogen and oxygen atoms in total. The van der Waals surface area contributed by atoms with Gasteiger partial charge in [-0.25, -0.2) is 0 Å². The number of thiol groups is 2. The van der Waals surface area contributed by atoms with Gasteiger partial charge in [-0.1, -0.05) is 30.3 Å². The van der Waals surface area contributed by atoms with Gasteiger partial charge in [0.15, 0.2) is 0 Å². The Morgan fingerprint density at radius 2 is 1.79 bits per heavy atom. The van der Waals surface area contributed by atoms with Gasteiger partial charge in [-0.3, -0.25) is 0 Å². The summed E-state index contributed by atoms with van der Waals surface area (Å²) in [5, 5.41) is 0.518. The number of hydrogen-bond acceptors (Lipinski definition) is 4. The maximum Gasteiger partial charge on any atom is 0.0575 e. The highest BCUT2D eigenvalue weighted by molar-refractivity contribution is 8.23. The first kappa shape index (κ1) is 10.9. The molecule has 74 valence electrons. The van der Waals surface area contributed by atoms with Gasteiger partial charge in [-0.2, -0.15) is 0 Å². The molecule has 0 aromatic heterocycles.